The van der Waals surface area contributed by atoms with Crippen molar-refractivity contribution in [2.45, 2.75) is 0 Å². The maximum absolute atomic E-state index is 5.47. The third kappa shape index (κ3) is 1.20. The fourth-order valence-corrected chi connectivity index (χ4v) is 0.470. The van der Waals surface area contributed by atoms with Crippen LogP contribution in [-0.2, 0) is 0 Å². The fraction of sp³-hybridized carbons (Fsp3) is 0.250. The van der Waals surface area contributed by atoms with Crippen molar-refractivity contribution in [2.24, 2.45) is 4.99 Å². The Balaban J connectivity index is 2.49. The molecule has 38 valence electrons. The first kappa shape index (κ1) is 4.65. The van der Waals surface area contributed by atoms with Gasteiger partial charge in [0.25, 0.3) is 0 Å². The molecule has 0 radical (unpaired) electrons. The quantitative estimate of drug-likeness (QED) is 0.431. The van der Waals surface area contributed by atoms with Gasteiger partial charge in [0.05, 0.1) is 6.54 Å². The lowest BCUT2D eigenvalue weighted by Crippen LogP contribution is -2.08. The molecule has 0 unspecified atom stereocenters. The Morgan fingerprint density at radius 1 is 1.71 bits per heavy atom. The second kappa shape index (κ2) is 1.98. The zero-order chi connectivity index (χ0) is 5.11. The number of nitrogens with zero attached hydrogens (tertiary/aromatic N) is 2. The smallest absolute Gasteiger partial charge is 0.0696 e. The van der Waals surface area contributed by atoms with Crippen molar-refractivity contribution in [3.63, 3.8) is 0 Å². The van der Waals surface area contributed by atoms with Crippen LogP contribution in [0.4, 0.5) is 0 Å². The van der Waals surface area contributed by atoms with Crippen molar-refractivity contribution in [1.29, 1.82) is 0 Å². The molecule has 0 amide bonds. The van der Waals surface area contributed by atoms with E-state index in [1.165, 1.54) is 4.42 Å². The highest BCUT2D eigenvalue weighted by atomic mass is 35.5. The summed E-state index contributed by atoms with van der Waals surface area (Å²) in [4.78, 5) is 3.80. The Kier molecular flexibility index (Phi) is 1.32. The van der Waals surface area contributed by atoms with E-state index in [9.17, 15) is 0 Å². The second-order valence-corrected chi connectivity index (χ2v) is 1.65. The SMILES string of the molecule is ClN1C=CN=CC1. The number of rotatable bonds is 0. The number of aliphatic imine (C=N–C) groups is 1. The number of halogens is 1. The zero-order valence-corrected chi connectivity index (χ0v) is 4.47. The average Bonchev–Trinajstić information content (AvgIpc) is 1.69. The lowest BCUT2D eigenvalue weighted by Gasteiger charge is -2.06. The van der Waals surface area contributed by atoms with Crippen LogP contribution >= 0.6 is 11.8 Å². The minimum atomic E-state index is 0.706. The lowest BCUT2D eigenvalue weighted by atomic mass is 10.6. The van der Waals surface area contributed by atoms with Crippen LogP contribution in [-0.4, -0.2) is 17.2 Å². The van der Waals surface area contributed by atoms with E-state index < -0.39 is 0 Å². The van der Waals surface area contributed by atoms with E-state index in [4.69, 9.17) is 11.8 Å². The van der Waals surface area contributed by atoms with E-state index in [0.29, 0.717) is 6.54 Å². The Morgan fingerprint density at radius 2 is 2.57 bits per heavy atom. The molecule has 1 rings (SSSR count). The van der Waals surface area contributed by atoms with E-state index in [1.54, 1.807) is 18.6 Å². The summed E-state index contributed by atoms with van der Waals surface area (Å²) in [6.45, 7) is 0.706. The standard InChI is InChI=1S/C4H5ClN2/c5-7-3-1-6-2-4-7/h1-3H,4H2. The first-order chi connectivity index (χ1) is 3.39. The zero-order valence-electron chi connectivity index (χ0n) is 3.71. The van der Waals surface area contributed by atoms with Crippen LogP contribution in [0, 0.1) is 0 Å². The van der Waals surface area contributed by atoms with Gasteiger partial charge in [-0.05, 0) is 0 Å². The normalized spacial score (nSPS) is 18.1. The van der Waals surface area contributed by atoms with Gasteiger partial charge in [0.2, 0.25) is 0 Å². The van der Waals surface area contributed by atoms with Crippen LogP contribution in [0.3, 0.4) is 0 Å². The van der Waals surface area contributed by atoms with Crippen LogP contribution in [0.1, 0.15) is 0 Å². The van der Waals surface area contributed by atoms with Gasteiger partial charge < -0.3 is 0 Å². The molecule has 0 fully saturated rings. The average molecular weight is 117 g/mol. The van der Waals surface area contributed by atoms with Crippen molar-refractivity contribution < 1.29 is 0 Å². The van der Waals surface area contributed by atoms with E-state index in [0.717, 1.165) is 0 Å². The van der Waals surface area contributed by atoms with Crippen LogP contribution in [0.5, 0.6) is 0 Å². The minimum absolute atomic E-state index is 0.706. The molecule has 0 N–H and O–H groups in total. The molecule has 0 atom stereocenters. The molecule has 0 aromatic carbocycles. The molecule has 0 aliphatic carbocycles. The summed E-state index contributed by atoms with van der Waals surface area (Å²) in [7, 11) is 0. The molecule has 0 bridgehead atoms. The van der Waals surface area contributed by atoms with Gasteiger partial charge in [0.15, 0.2) is 0 Å². The van der Waals surface area contributed by atoms with Gasteiger partial charge in [-0.2, -0.15) is 0 Å². The molecule has 1 aliphatic heterocycles. The molecular formula is C4H5ClN2. The van der Waals surface area contributed by atoms with Crippen LogP contribution in [0.2, 0.25) is 0 Å². The summed E-state index contributed by atoms with van der Waals surface area (Å²) < 4.78 is 1.53. The summed E-state index contributed by atoms with van der Waals surface area (Å²) >= 11 is 5.47. The molecule has 1 aliphatic rings. The van der Waals surface area contributed by atoms with E-state index in [1.807, 2.05) is 0 Å². The van der Waals surface area contributed by atoms with Gasteiger partial charge in [-0.25, -0.2) is 0 Å². The van der Waals surface area contributed by atoms with Gasteiger partial charge in [0, 0.05) is 30.4 Å². The van der Waals surface area contributed by atoms with Gasteiger partial charge >= 0.3 is 0 Å². The van der Waals surface area contributed by atoms with Gasteiger partial charge in [-0.1, -0.05) is 0 Å². The third-order valence-corrected chi connectivity index (χ3v) is 0.927. The third-order valence-electron chi connectivity index (χ3n) is 0.676. The largest absolute Gasteiger partial charge is 0.286 e. The predicted molar refractivity (Wildman–Crippen MR) is 30.2 cm³/mol. The molecule has 7 heavy (non-hydrogen) atoms. The molecule has 0 saturated heterocycles. The summed E-state index contributed by atoms with van der Waals surface area (Å²) in [6, 6.07) is 0. The summed E-state index contributed by atoms with van der Waals surface area (Å²) in [5.41, 5.74) is 0. The lowest BCUT2D eigenvalue weighted by molar-refractivity contribution is 0.693. The van der Waals surface area contributed by atoms with Crippen LogP contribution < -0.4 is 0 Å². The number of hydrogen-bond acceptors (Lipinski definition) is 2. The van der Waals surface area contributed by atoms with Crippen molar-refractivity contribution >= 4 is 18.0 Å². The highest BCUT2D eigenvalue weighted by Gasteiger charge is 1.90. The Labute approximate surface area is 47.2 Å². The highest BCUT2D eigenvalue weighted by molar-refractivity contribution is 6.14. The topological polar surface area (TPSA) is 15.6 Å². The van der Waals surface area contributed by atoms with Crippen LogP contribution in [0.25, 0.3) is 0 Å². The maximum atomic E-state index is 5.47. The minimum Gasteiger partial charge on any atom is -0.286 e. The summed E-state index contributed by atoms with van der Waals surface area (Å²) in [5.74, 6) is 0. The Hall–Kier alpha value is -0.500. The molecule has 0 spiro atoms. The first-order valence-electron chi connectivity index (χ1n) is 2.00. The molecule has 0 aromatic heterocycles. The fourth-order valence-electron chi connectivity index (χ4n) is 0.358. The predicted octanol–water partition coefficient (Wildman–Crippen LogP) is 0.998. The summed E-state index contributed by atoms with van der Waals surface area (Å²) in [6.07, 6.45) is 5.10. The molecule has 0 aromatic rings. The molecule has 1 heterocycles. The second-order valence-electron chi connectivity index (χ2n) is 1.21. The van der Waals surface area contributed by atoms with Gasteiger partial charge in [-0.15, -0.1) is 0 Å². The molecular weight excluding hydrogens is 112 g/mol. The van der Waals surface area contributed by atoms with Crippen molar-refractivity contribution in [1.82, 2.24) is 4.42 Å². The van der Waals surface area contributed by atoms with E-state index >= 15 is 0 Å². The van der Waals surface area contributed by atoms with Crippen molar-refractivity contribution in [3.05, 3.63) is 12.4 Å². The van der Waals surface area contributed by atoms with E-state index in [2.05, 4.69) is 4.99 Å². The van der Waals surface area contributed by atoms with Crippen LogP contribution in [0.15, 0.2) is 17.4 Å². The molecule has 3 heteroatoms. The Morgan fingerprint density at radius 3 is 2.86 bits per heavy atom. The maximum Gasteiger partial charge on any atom is 0.0696 e. The number of hydrogen-bond donors (Lipinski definition) is 0. The van der Waals surface area contributed by atoms with Gasteiger partial charge in [-0.3, -0.25) is 9.41 Å². The first-order valence-corrected chi connectivity index (χ1v) is 2.34. The van der Waals surface area contributed by atoms with E-state index in [-0.39, 0.29) is 0 Å². The molecule has 2 nitrogen and oxygen atoms in total. The van der Waals surface area contributed by atoms with Crippen molar-refractivity contribution in [2.75, 3.05) is 6.54 Å². The monoisotopic (exact) mass is 116 g/mol. The van der Waals surface area contributed by atoms with Crippen molar-refractivity contribution in [3.8, 4) is 0 Å². The van der Waals surface area contributed by atoms with Gasteiger partial charge in [0.1, 0.15) is 0 Å². The summed E-state index contributed by atoms with van der Waals surface area (Å²) in [5, 5.41) is 0. The highest BCUT2D eigenvalue weighted by Crippen LogP contribution is 1.96. The molecule has 0 saturated carbocycles. The Bertz CT molecular complexity index is 108.